The van der Waals surface area contributed by atoms with E-state index >= 15 is 0 Å². The molecule has 2 rings (SSSR count). The first-order valence-electron chi connectivity index (χ1n) is 6.22. The highest BCUT2D eigenvalue weighted by molar-refractivity contribution is 9.11. The van der Waals surface area contributed by atoms with E-state index in [-0.39, 0.29) is 12.1 Å². The lowest BCUT2D eigenvalue weighted by atomic mass is 9.89. The van der Waals surface area contributed by atoms with Crippen molar-refractivity contribution in [2.75, 3.05) is 6.54 Å². The van der Waals surface area contributed by atoms with Crippen LogP contribution >= 0.6 is 31.9 Å². The molecule has 6 heteroatoms. The zero-order valence-corrected chi connectivity index (χ0v) is 14.0. The van der Waals surface area contributed by atoms with E-state index in [0.29, 0.717) is 10.0 Å². The number of benzene rings is 2. The summed E-state index contributed by atoms with van der Waals surface area (Å²) < 4.78 is 28.4. The predicted molar refractivity (Wildman–Crippen MR) is 85.0 cm³/mol. The second-order valence-electron chi connectivity index (χ2n) is 4.62. The lowest BCUT2D eigenvalue weighted by Gasteiger charge is -2.23. The molecule has 2 nitrogen and oxygen atoms in total. The van der Waals surface area contributed by atoms with Crippen LogP contribution in [0.15, 0.2) is 45.3 Å². The summed E-state index contributed by atoms with van der Waals surface area (Å²) in [5.41, 5.74) is 6.48. The molecule has 0 aliphatic rings. The molecule has 0 aliphatic heterocycles. The van der Waals surface area contributed by atoms with Crippen LogP contribution in [-0.2, 0) is 0 Å². The number of aliphatic hydroxyl groups excluding tert-OH is 1. The third kappa shape index (κ3) is 3.69. The van der Waals surface area contributed by atoms with Crippen molar-refractivity contribution in [3.05, 3.63) is 68.1 Å². The van der Waals surface area contributed by atoms with Gasteiger partial charge in [0.25, 0.3) is 0 Å². The molecule has 0 aliphatic carbocycles. The molecule has 2 atom stereocenters. The minimum Gasteiger partial charge on any atom is -0.388 e. The summed E-state index contributed by atoms with van der Waals surface area (Å²) in [7, 11) is 0. The Morgan fingerprint density at radius 2 is 1.71 bits per heavy atom. The topological polar surface area (TPSA) is 46.2 Å². The molecule has 0 spiro atoms. The van der Waals surface area contributed by atoms with Crippen molar-refractivity contribution in [2.24, 2.45) is 5.73 Å². The predicted octanol–water partition coefficient (Wildman–Crippen LogP) is 4.27. The molecule has 0 bridgehead atoms. The largest absolute Gasteiger partial charge is 0.388 e. The Balaban J connectivity index is 2.40. The smallest absolute Gasteiger partial charge is 0.129 e. The summed E-state index contributed by atoms with van der Waals surface area (Å²) in [5.74, 6) is -2.04. The van der Waals surface area contributed by atoms with E-state index in [9.17, 15) is 13.9 Å². The van der Waals surface area contributed by atoms with Crippen molar-refractivity contribution < 1.29 is 13.9 Å². The first-order valence-corrected chi connectivity index (χ1v) is 7.80. The van der Waals surface area contributed by atoms with Gasteiger partial charge in [0, 0.05) is 27.5 Å². The number of aliphatic hydroxyl groups is 1. The Kier molecular flexibility index (Phi) is 5.48. The van der Waals surface area contributed by atoms with Gasteiger partial charge < -0.3 is 10.8 Å². The molecule has 0 saturated heterocycles. The lowest BCUT2D eigenvalue weighted by Crippen LogP contribution is -2.21. The van der Waals surface area contributed by atoms with Gasteiger partial charge in [0.05, 0.1) is 6.10 Å². The average Bonchev–Trinajstić information content (AvgIpc) is 2.41. The van der Waals surface area contributed by atoms with Crippen LogP contribution in [0, 0.1) is 11.6 Å². The quantitative estimate of drug-likeness (QED) is 0.775. The van der Waals surface area contributed by atoms with Gasteiger partial charge in [-0.2, -0.15) is 0 Å². The van der Waals surface area contributed by atoms with Gasteiger partial charge in [0.1, 0.15) is 11.6 Å². The van der Waals surface area contributed by atoms with Crippen LogP contribution in [0.1, 0.15) is 23.1 Å². The van der Waals surface area contributed by atoms with E-state index < -0.39 is 23.7 Å². The van der Waals surface area contributed by atoms with Crippen LogP contribution in [0.3, 0.4) is 0 Å². The Morgan fingerprint density at radius 1 is 1.05 bits per heavy atom. The normalized spacial score (nSPS) is 14.0. The van der Waals surface area contributed by atoms with Crippen molar-refractivity contribution in [1.82, 2.24) is 0 Å². The van der Waals surface area contributed by atoms with E-state index in [0.717, 1.165) is 16.6 Å². The average molecular weight is 421 g/mol. The maximum atomic E-state index is 13.9. The number of rotatable bonds is 4. The number of hydrogen-bond acceptors (Lipinski definition) is 2. The van der Waals surface area contributed by atoms with E-state index in [2.05, 4.69) is 31.9 Å². The summed E-state index contributed by atoms with van der Waals surface area (Å²) in [5, 5.41) is 10.5. The molecular weight excluding hydrogens is 408 g/mol. The Morgan fingerprint density at radius 3 is 2.29 bits per heavy atom. The van der Waals surface area contributed by atoms with E-state index in [1.807, 2.05) is 0 Å². The molecule has 0 fully saturated rings. The Labute approximate surface area is 138 Å². The highest BCUT2D eigenvalue weighted by Gasteiger charge is 2.26. The van der Waals surface area contributed by atoms with Gasteiger partial charge in [0.2, 0.25) is 0 Å². The first-order chi connectivity index (χ1) is 9.93. The molecule has 2 unspecified atom stereocenters. The van der Waals surface area contributed by atoms with E-state index in [1.54, 1.807) is 18.2 Å². The maximum Gasteiger partial charge on any atom is 0.129 e. The first kappa shape index (κ1) is 16.5. The molecule has 0 heterocycles. The molecule has 21 heavy (non-hydrogen) atoms. The lowest BCUT2D eigenvalue weighted by molar-refractivity contribution is 0.145. The van der Waals surface area contributed by atoms with Crippen molar-refractivity contribution in [1.29, 1.82) is 0 Å². The fraction of sp³-hybridized carbons (Fsp3) is 0.200. The number of halogens is 4. The second-order valence-corrected chi connectivity index (χ2v) is 6.39. The molecule has 0 radical (unpaired) electrons. The van der Waals surface area contributed by atoms with Gasteiger partial charge in [-0.1, -0.05) is 44.0 Å². The molecule has 3 N–H and O–H groups in total. The van der Waals surface area contributed by atoms with Crippen molar-refractivity contribution in [2.45, 2.75) is 12.0 Å². The third-order valence-corrected chi connectivity index (χ3v) is 4.46. The molecular formula is C15H13Br2F2NO. The van der Waals surface area contributed by atoms with E-state index in [1.165, 1.54) is 6.07 Å². The van der Waals surface area contributed by atoms with Crippen molar-refractivity contribution >= 4 is 31.9 Å². The molecule has 0 amide bonds. The zero-order valence-electron chi connectivity index (χ0n) is 10.9. The van der Waals surface area contributed by atoms with Gasteiger partial charge >= 0.3 is 0 Å². The summed E-state index contributed by atoms with van der Waals surface area (Å²) in [6.45, 7) is 0.0340. The maximum absolute atomic E-state index is 13.9. The van der Waals surface area contributed by atoms with Crippen LogP contribution in [0.2, 0.25) is 0 Å². The van der Waals surface area contributed by atoms with Gasteiger partial charge in [0.15, 0.2) is 0 Å². The minimum absolute atomic E-state index is 0.0340. The minimum atomic E-state index is -1.00. The van der Waals surface area contributed by atoms with Crippen LogP contribution < -0.4 is 5.73 Å². The van der Waals surface area contributed by atoms with Crippen LogP contribution in [0.5, 0.6) is 0 Å². The standard InChI is InChI=1S/C15H13Br2F2NO/c16-8-1-3-11(13(17)5-8)15(21)12(7-20)10-4-2-9(18)6-14(10)19/h1-6,12,15,21H,7,20H2. The molecule has 2 aromatic rings. The zero-order chi connectivity index (χ0) is 15.6. The van der Waals surface area contributed by atoms with Gasteiger partial charge in [-0.3, -0.25) is 0 Å². The third-order valence-electron chi connectivity index (χ3n) is 3.28. The SMILES string of the molecule is NCC(c1ccc(F)cc1F)C(O)c1ccc(Br)cc1Br. The fourth-order valence-electron chi connectivity index (χ4n) is 2.19. The summed E-state index contributed by atoms with van der Waals surface area (Å²) in [6.07, 6.45) is -1.00. The molecule has 0 saturated carbocycles. The molecule has 112 valence electrons. The monoisotopic (exact) mass is 419 g/mol. The molecule has 0 aromatic heterocycles. The second kappa shape index (κ2) is 6.96. The Bertz CT molecular complexity index is 652. The van der Waals surface area contributed by atoms with Crippen LogP contribution in [0.4, 0.5) is 8.78 Å². The van der Waals surface area contributed by atoms with Gasteiger partial charge in [-0.25, -0.2) is 8.78 Å². The summed E-state index contributed by atoms with van der Waals surface area (Å²) >= 11 is 6.69. The van der Waals surface area contributed by atoms with Gasteiger partial charge in [-0.05, 0) is 29.3 Å². The molecule has 2 aromatic carbocycles. The van der Waals surface area contributed by atoms with Crippen LogP contribution in [-0.4, -0.2) is 11.7 Å². The highest BCUT2D eigenvalue weighted by atomic mass is 79.9. The van der Waals surface area contributed by atoms with Crippen molar-refractivity contribution in [3.8, 4) is 0 Å². The Hall–Kier alpha value is -0.820. The number of hydrogen-bond donors (Lipinski definition) is 2. The van der Waals surface area contributed by atoms with E-state index in [4.69, 9.17) is 5.73 Å². The number of nitrogens with two attached hydrogens (primary N) is 1. The summed E-state index contributed by atoms with van der Waals surface area (Å²) in [6, 6.07) is 8.55. The van der Waals surface area contributed by atoms with Crippen LogP contribution in [0.25, 0.3) is 0 Å². The fourth-order valence-corrected chi connectivity index (χ4v) is 3.47. The van der Waals surface area contributed by atoms with Crippen molar-refractivity contribution in [3.63, 3.8) is 0 Å². The highest BCUT2D eigenvalue weighted by Crippen LogP contribution is 2.36. The summed E-state index contributed by atoms with van der Waals surface area (Å²) in [4.78, 5) is 0. The van der Waals surface area contributed by atoms with Gasteiger partial charge in [-0.15, -0.1) is 0 Å².